The van der Waals surface area contributed by atoms with E-state index in [1.807, 2.05) is 0 Å². The molecule has 0 unspecified atom stereocenters. The van der Waals surface area contributed by atoms with E-state index in [0.29, 0.717) is 18.3 Å². The Balaban J connectivity index is 2.27. The molecule has 1 aliphatic rings. The van der Waals surface area contributed by atoms with Gasteiger partial charge < -0.3 is 15.2 Å². The molecule has 1 saturated carbocycles. The van der Waals surface area contributed by atoms with Crippen molar-refractivity contribution >= 4 is 11.9 Å². The molecule has 1 amide bonds. The van der Waals surface area contributed by atoms with Crippen molar-refractivity contribution in [1.82, 2.24) is 5.32 Å². The summed E-state index contributed by atoms with van der Waals surface area (Å²) in [6, 6.07) is 0.259. The van der Waals surface area contributed by atoms with Crippen molar-refractivity contribution < 1.29 is 14.7 Å². The maximum atomic E-state index is 11.6. The van der Waals surface area contributed by atoms with Gasteiger partial charge in [-0.05, 0) is 31.1 Å². The molecule has 0 aliphatic heterocycles. The first-order valence-electron chi connectivity index (χ1n) is 6.50. The van der Waals surface area contributed by atoms with Crippen LogP contribution < -0.4 is 10.4 Å². The molecular formula is C13H22NO3-. The van der Waals surface area contributed by atoms with E-state index in [1.54, 1.807) is 0 Å². The standard InChI is InChI=1S/C13H23NO3/c1-9-5-3-6-11(10(9)2)14-12(15)7-4-8-13(16)17/h9-11H,3-8H2,1-2H3,(H,14,15)(H,16,17)/p-1/t9-,10-,11-/m1/s1. The van der Waals surface area contributed by atoms with Gasteiger partial charge in [-0.2, -0.15) is 0 Å². The number of amides is 1. The Kier molecular flexibility index (Phi) is 5.45. The van der Waals surface area contributed by atoms with Crippen molar-refractivity contribution in [3.05, 3.63) is 0 Å². The summed E-state index contributed by atoms with van der Waals surface area (Å²) in [6.45, 7) is 4.40. The maximum absolute atomic E-state index is 11.6. The van der Waals surface area contributed by atoms with Crippen LogP contribution in [0.25, 0.3) is 0 Å². The summed E-state index contributed by atoms with van der Waals surface area (Å²) >= 11 is 0. The molecule has 1 fully saturated rings. The first kappa shape index (κ1) is 14.0. The van der Waals surface area contributed by atoms with Gasteiger partial charge in [-0.25, -0.2) is 0 Å². The topological polar surface area (TPSA) is 69.2 Å². The van der Waals surface area contributed by atoms with E-state index in [-0.39, 0.29) is 24.8 Å². The zero-order valence-corrected chi connectivity index (χ0v) is 10.7. The van der Waals surface area contributed by atoms with Crippen molar-refractivity contribution in [2.45, 2.75) is 58.4 Å². The van der Waals surface area contributed by atoms with Gasteiger partial charge in [0.2, 0.25) is 5.91 Å². The Hall–Kier alpha value is -1.06. The van der Waals surface area contributed by atoms with Crippen molar-refractivity contribution in [3.8, 4) is 0 Å². The molecule has 0 aromatic carbocycles. The third kappa shape index (κ3) is 4.75. The van der Waals surface area contributed by atoms with Crippen molar-refractivity contribution in [2.24, 2.45) is 11.8 Å². The predicted octanol–water partition coefficient (Wildman–Crippen LogP) is 0.847. The van der Waals surface area contributed by atoms with Crippen molar-refractivity contribution in [1.29, 1.82) is 0 Å². The van der Waals surface area contributed by atoms with Gasteiger partial charge in [-0.1, -0.05) is 26.7 Å². The van der Waals surface area contributed by atoms with Gasteiger partial charge in [-0.15, -0.1) is 0 Å². The minimum Gasteiger partial charge on any atom is -0.550 e. The molecule has 4 nitrogen and oxygen atoms in total. The number of rotatable bonds is 5. The molecule has 0 aromatic heterocycles. The average molecular weight is 240 g/mol. The van der Waals surface area contributed by atoms with E-state index in [0.717, 1.165) is 12.8 Å². The second-order valence-electron chi connectivity index (χ2n) is 5.17. The molecule has 98 valence electrons. The van der Waals surface area contributed by atoms with Crippen molar-refractivity contribution in [2.75, 3.05) is 0 Å². The number of carbonyl (C=O) groups excluding carboxylic acids is 2. The fourth-order valence-corrected chi connectivity index (χ4v) is 2.46. The maximum Gasteiger partial charge on any atom is 0.220 e. The number of carboxylic acids is 1. The molecule has 1 aliphatic carbocycles. The Morgan fingerprint density at radius 2 is 1.94 bits per heavy atom. The van der Waals surface area contributed by atoms with Crippen LogP contribution in [0.5, 0.6) is 0 Å². The van der Waals surface area contributed by atoms with E-state index in [9.17, 15) is 14.7 Å². The molecule has 0 bridgehead atoms. The van der Waals surface area contributed by atoms with E-state index in [4.69, 9.17) is 0 Å². The highest BCUT2D eigenvalue weighted by Crippen LogP contribution is 2.29. The number of hydrogen-bond donors (Lipinski definition) is 1. The van der Waals surface area contributed by atoms with Crippen LogP contribution in [0.4, 0.5) is 0 Å². The molecule has 0 radical (unpaired) electrons. The predicted molar refractivity (Wildman–Crippen MR) is 63.0 cm³/mol. The highest BCUT2D eigenvalue weighted by Gasteiger charge is 2.27. The first-order valence-corrected chi connectivity index (χ1v) is 6.50. The second kappa shape index (κ2) is 6.62. The van der Waals surface area contributed by atoms with Gasteiger partial charge >= 0.3 is 0 Å². The Morgan fingerprint density at radius 3 is 2.59 bits per heavy atom. The van der Waals surface area contributed by atoms with Crippen LogP contribution in [0.2, 0.25) is 0 Å². The molecule has 4 heteroatoms. The number of carbonyl (C=O) groups is 2. The zero-order chi connectivity index (χ0) is 12.8. The third-order valence-corrected chi connectivity index (χ3v) is 3.84. The monoisotopic (exact) mass is 240 g/mol. The van der Waals surface area contributed by atoms with Crippen LogP contribution in [0.3, 0.4) is 0 Å². The van der Waals surface area contributed by atoms with Gasteiger partial charge in [-0.3, -0.25) is 4.79 Å². The van der Waals surface area contributed by atoms with E-state index in [2.05, 4.69) is 19.2 Å². The number of carboxylic acid groups (broad SMARTS) is 1. The van der Waals surface area contributed by atoms with Gasteiger partial charge in [0.15, 0.2) is 0 Å². The molecule has 3 atom stereocenters. The summed E-state index contributed by atoms with van der Waals surface area (Å²) in [5, 5.41) is 13.2. The first-order chi connectivity index (χ1) is 8.00. The summed E-state index contributed by atoms with van der Waals surface area (Å²) in [7, 11) is 0. The lowest BCUT2D eigenvalue weighted by atomic mass is 9.78. The van der Waals surface area contributed by atoms with E-state index in [1.165, 1.54) is 6.42 Å². The molecular weight excluding hydrogens is 218 g/mol. The molecule has 0 spiro atoms. The summed E-state index contributed by atoms with van der Waals surface area (Å²) in [6.07, 6.45) is 4.05. The minimum atomic E-state index is -1.09. The lowest BCUT2D eigenvalue weighted by Gasteiger charge is -2.34. The minimum absolute atomic E-state index is 0.0304. The highest BCUT2D eigenvalue weighted by atomic mass is 16.4. The lowest BCUT2D eigenvalue weighted by molar-refractivity contribution is -0.305. The average Bonchev–Trinajstić information content (AvgIpc) is 2.24. The highest BCUT2D eigenvalue weighted by molar-refractivity contribution is 5.76. The molecule has 1 rings (SSSR count). The molecule has 0 aromatic rings. The van der Waals surface area contributed by atoms with Crippen LogP contribution in [0, 0.1) is 11.8 Å². The molecule has 0 heterocycles. The Bertz CT molecular complexity index is 278. The van der Waals surface area contributed by atoms with Gasteiger partial charge in [0.05, 0.1) is 0 Å². The fourth-order valence-electron chi connectivity index (χ4n) is 2.46. The van der Waals surface area contributed by atoms with E-state index < -0.39 is 5.97 Å². The van der Waals surface area contributed by atoms with Crippen LogP contribution in [0.1, 0.15) is 52.4 Å². The zero-order valence-electron chi connectivity index (χ0n) is 10.7. The van der Waals surface area contributed by atoms with Gasteiger partial charge in [0.25, 0.3) is 0 Å². The lowest BCUT2D eigenvalue weighted by Crippen LogP contribution is -2.43. The Morgan fingerprint density at radius 1 is 1.24 bits per heavy atom. The molecule has 1 N–H and O–H groups in total. The number of hydrogen-bond acceptors (Lipinski definition) is 3. The summed E-state index contributed by atoms with van der Waals surface area (Å²) in [5.41, 5.74) is 0. The Labute approximate surface area is 103 Å². The fraction of sp³-hybridized carbons (Fsp3) is 0.846. The quantitative estimate of drug-likeness (QED) is 0.774. The van der Waals surface area contributed by atoms with E-state index >= 15 is 0 Å². The third-order valence-electron chi connectivity index (χ3n) is 3.84. The smallest absolute Gasteiger partial charge is 0.220 e. The second-order valence-corrected chi connectivity index (χ2v) is 5.17. The number of aliphatic carboxylic acids is 1. The van der Waals surface area contributed by atoms with Gasteiger partial charge in [0.1, 0.15) is 0 Å². The van der Waals surface area contributed by atoms with Gasteiger partial charge in [0, 0.05) is 18.4 Å². The van der Waals surface area contributed by atoms with Crippen LogP contribution in [0.15, 0.2) is 0 Å². The normalized spacial score (nSPS) is 28.7. The largest absolute Gasteiger partial charge is 0.550 e. The molecule has 0 saturated heterocycles. The van der Waals surface area contributed by atoms with Crippen LogP contribution in [-0.2, 0) is 9.59 Å². The SMILES string of the molecule is C[C@@H]1[C@H](C)CCC[C@H]1NC(=O)CCCC(=O)[O-]. The summed E-state index contributed by atoms with van der Waals surface area (Å²) < 4.78 is 0. The van der Waals surface area contributed by atoms with Crippen LogP contribution >= 0.6 is 0 Å². The summed E-state index contributed by atoms with van der Waals surface area (Å²) in [4.78, 5) is 21.8. The summed E-state index contributed by atoms with van der Waals surface area (Å²) in [5.74, 6) is 0.0424. The molecule has 17 heavy (non-hydrogen) atoms. The number of nitrogens with one attached hydrogen (secondary N) is 1. The van der Waals surface area contributed by atoms with Crippen molar-refractivity contribution in [3.63, 3.8) is 0 Å². The van der Waals surface area contributed by atoms with Crippen LogP contribution in [-0.4, -0.2) is 17.9 Å².